The third-order valence-electron chi connectivity index (χ3n) is 2.39. The summed E-state index contributed by atoms with van der Waals surface area (Å²) in [7, 11) is 0. The van der Waals surface area contributed by atoms with E-state index in [0.29, 0.717) is 5.82 Å². The fourth-order valence-electron chi connectivity index (χ4n) is 1.62. The Balaban J connectivity index is 2.84. The van der Waals surface area contributed by atoms with Gasteiger partial charge in [0.15, 0.2) is 0 Å². The molecule has 17 heavy (non-hydrogen) atoms. The van der Waals surface area contributed by atoms with Crippen molar-refractivity contribution in [2.45, 2.75) is 32.9 Å². The largest absolute Gasteiger partial charge is 0.417 e. The van der Waals surface area contributed by atoms with Gasteiger partial charge in [-0.2, -0.15) is 13.2 Å². The Bertz CT molecular complexity index is 327. The van der Waals surface area contributed by atoms with Gasteiger partial charge in [0.2, 0.25) is 0 Å². The lowest BCUT2D eigenvalue weighted by molar-refractivity contribution is -0.137. The van der Waals surface area contributed by atoms with Crippen molar-refractivity contribution in [2.24, 2.45) is 0 Å². The third-order valence-corrected chi connectivity index (χ3v) is 2.39. The van der Waals surface area contributed by atoms with Crippen molar-refractivity contribution in [3.05, 3.63) is 23.9 Å². The number of halogens is 3. The molecule has 0 aliphatic heterocycles. The molecule has 0 aromatic carbocycles. The minimum absolute atomic E-state index is 0.613. The standard InChI is InChI=1S/C12H17F3N2/c1-3-7-17(8-4-2)11-6-5-10(9-16-11)12(13,14)15/h5-6,9H,3-4,7-8H2,1-2H3. The lowest BCUT2D eigenvalue weighted by Crippen LogP contribution is -2.25. The van der Waals surface area contributed by atoms with Crippen LogP contribution in [0.1, 0.15) is 32.3 Å². The predicted octanol–water partition coefficient (Wildman–Crippen LogP) is 3.73. The minimum atomic E-state index is -4.31. The number of pyridine rings is 1. The Morgan fingerprint density at radius 1 is 1.12 bits per heavy atom. The first-order valence-corrected chi connectivity index (χ1v) is 5.77. The minimum Gasteiger partial charge on any atom is -0.357 e. The average molecular weight is 246 g/mol. The monoisotopic (exact) mass is 246 g/mol. The molecule has 0 saturated carbocycles. The van der Waals surface area contributed by atoms with E-state index in [1.54, 1.807) is 0 Å². The second-order valence-electron chi connectivity index (χ2n) is 3.89. The molecule has 0 unspecified atom stereocenters. The van der Waals surface area contributed by atoms with Crippen molar-refractivity contribution in [2.75, 3.05) is 18.0 Å². The average Bonchev–Trinajstić information content (AvgIpc) is 2.28. The number of rotatable bonds is 5. The van der Waals surface area contributed by atoms with Crippen LogP contribution in [0.3, 0.4) is 0 Å². The van der Waals surface area contributed by atoms with Gasteiger partial charge in [0.1, 0.15) is 5.82 Å². The van der Waals surface area contributed by atoms with E-state index in [0.717, 1.165) is 38.2 Å². The highest BCUT2D eigenvalue weighted by molar-refractivity contribution is 5.39. The van der Waals surface area contributed by atoms with Gasteiger partial charge >= 0.3 is 6.18 Å². The first kappa shape index (κ1) is 13.8. The fraction of sp³-hybridized carbons (Fsp3) is 0.583. The van der Waals surface area contributed by atoms with Gasteiger partial charge in [-0.1, -0.05) is 13.8 Å². The molecule has 0 aliphatic rings. The van der Waals surface area contributed by atoms with Crippen LogP contribution >= 0.6 is 0 Å². The molecule has 96 valence electrons. The summed E-state index contributed by atoms with van der Waals surface area (Å²) in [5.41, 5.74) is -0.700. The van der Waals surface area contributed by atoms with Crippen molar-refractivity contribution in [3.8, 4) is 0 Å². The van der Waals surface area contributed by atoms with E-state index in [1.807, 2.05) is 18.7 Å². The maximum Gasteiger partial charge on any atom is 0.417 e. The Kier molecular flexibility index (Phi) is 4.78. The van der Waals surface area contributed by atoms with E-state index in [1.165, 1.54) is 6.07 Å². The molecule has 1 aromatic rings. The van der Waals surface area contributed by atoms with Crippen LogP contribution in [-0.4, -0.2) is 18.1 Å². The Morgan fingerprint density at radius 3 is 2.06 bits per heavy atom. The first-order valence-electron chi connectivity index (χ1n) is 5.77. The van der Waals surface area contributed by atoms with Crippen molar-refractivity contribution in [3.63, 3.8) is 0 Å². The van der Waals surface area contributed by atoms with Crippen LogP contribution < -0.4 is 4.90 Å². The van der Waals surface area contributed by atoms with Gasteiger partial charge in [-0.25, -0.2) is 4.98 Å². The molecular formula is C12H17F3N2. The van der Waals surface area contributed by atoms with Crippen LogP contribution in [0.25, 0.3) is 0 Å². The molecule has 1 rings (SSSR count). The summed E-state index contributed by atoms with van der Waals surface area (Å²) in [6.45, 7) is 5.69. The van der Waals surface area contributed by atoms with Crippen LogP contribution in [0, 0.1) is 0 Å². The molecule has 0 N–H and O–H groups in total. The molecule has 0 fully saturated rings. The number of aromatic nitrogens is 1. The Morgan fingerprint density at radius 2 is 1.71 bits per heavy atom. The summed E-state index contributed by atoms with van der Waals surface area (Å²) >= 11 is 0. The van der Waals surface area contributed by atoms with Crippen LogP contribution in [0.15, 0.2) is 18.3 Å². The van der Waals surface area contributed by atoms with Crippen molar-refractivity contribution >= 4 is 5.82 Å². The zero-order valence-corrected chi connectivity index (χ0v) is 10.1. The molecular weight excluding hydrogens is 229 g/mol. The molecule has 0 spiro atoms. The molecule has 1 aromatic heterocycles. The lowest BCUT2D eigenvalue weighted by atomic mass is 10.2. The number of hydrogen-bond donors (Lipinski definition) is 0. The van der Waals surface area contributed by atoms with Crippen molar-refractivity contribution in [1.82, 2.24) is 4.98 Å². The maximum absolute atomic E-state index is 12.4. The summed E-state index contributed by atoms with van der Waals surface area (Å²) in [6, 6.07) is 2.52. The molecule has 0 radical (unpaired) electrons. The molecule has 2 nitrogen and oxygen atoms in total. The van der Waals surface area contributed by atoms with Gasteiger partial charge in [-0.05, 0) is 25.0 Å². The molecule has 1 heterocycles. The summed E-state index contributed by atoms with van der Waals surface area (Å²) in [4.78, 5) is 5.89. The molecule has 0 amide bonds. The topological polar surface area (TPSA) is 16.1 Å². The number of hydrogen-bond acceptors (Lipinski definition) is 2. The molecule has 0 aliphatic carbocycles. The quantitative estimate of drug-likeness (QED) is 0.787. The van der Waals surface area contributed by atoms with E-state index < -0.39 is 11.7 Å². The second kappa shape index (κ2) is 5.89. The predicted molar refractivity (Wildman–Crippen MR) is 62.0 cm³/mol. The molecule has 0 atom stereocenters. The Hall–Kier alpha value is -1.26. The summed E-state index contributed by atoms with van der Waals surface area (Å²) < 4.78 is 37.1. The van der Waals surface area contributed by atoms with E-state index in [2.05, 4.69) is 4.98 Å². The van der Waals surface area contributed by atoms with Gasteiger partial charge in [-0.3, -0.25) is 0 Å². The van der Waals surface area contributed by atoms with E-state index >= 15 is 0 Å². The molecule has 0 bridgehead atoms. The highest BCUT2D eigenvalue weighted by atomic mass is 19.4. The smallest absolute Gasteiger partial charge is 0.357 e. The molecule has 5 heteroatoms. The lowest BCUT2D eigenvalue weighted by Gasteiger charge is -2.22. The summed E-state index contributed by atoms with van der Waals surface area (Å²) in [5.74, 6) is 0.613. The third kappa shape index (κ3) is 3.91. The highest BCUT2D eigenvalue weighted by Crippen LogP contribution is 2.29. The zero-order valence-electron chi connectivity index (χ0n) is 10.1. The summed E-state index contributed by atoms with van der Waals surface area (Å²) in [6.07, 6.45) is -1.52. The van der Waals surface area contributed by atoms with Crippen LogP contribution in [-0.2, 0) is 6.18 Å². The number of anilines is 1. The van der Waals surface area contributed by atoms with Crippen molar-refractivity contribution < 1.29 is 13.2 Å². The normalized spacial score (nSPS) is 11.6. The van der Waals surface area contributed by atoms with Gasteiger partial charge in [0.05, 0.1) is 5.56 Å². The molecule has 0 saturated heterocycles. The Labute approximate surface area is 99.5 Å². The number of nitrogens with zero attached hydrogens (tertiary/aromatic N) is 2. The van der Waals surface area contributed by atoms with Gasteiger partial charge in [0, 0.05) is 19.3 Å². The van der Waals surface area contributed by atoms with E-state index in [9.17, 15) is 13.2 Å². The van der Waals surface area contributed by atoms with Crippen molar-refractivity contribution in [1.29, 1.82) is 0 Å². The maximum atomic E-state index is 12.4. The SMILES string of the molecule is CCCN(CCC)c1ccc(C(F)(F)F)cn1. The van der Waals surface area contributed by atoms with Crippen LogP contribution in [0.2, 0.25) is 0 Å². The zero-order chi connectivity index (χ0) is 12.9. The van der Waals surface area contributed by atoms with Gasteiger partial charge < -0.3 is 4.90 Å². The second-order valence-corrected chi connectivity index (χ2v) is 3.89. The van der Waals surface area contributed by atoms with Gasteiger partial charge in [0.25, 0.3) is 0 Å². The fourth-order valence-corrected chi connectivity index (χ4v) is 1.62. The number of alkyl halides is 3. The summed E-state index contributed by atoms with van der Waals surface area (Å²) in [5, 5.41) is 0. The van der Waals surface area contributed by atoms with E-state index in [-0.39, 0.29) is 0 Å². The first-order chi connectivity index (χ1) is 7.99. The highest BCUT2D eigenvalue weighted by Gasteiger charge is 2.30. The van der Waals surface area contributed by atoms with Crippen LogP contribution in [0.5, 0.6) is 0 Å². The van der Waals surface area contributed by atoms with Crippen LogP contribution in [0.4, 0.5) is 19.0 Å². The van der Waals surface area contributed by atoms with Gasteiger partial charge in [-0.15, -0.1) is 0 Å². The van der Waals surface area contributed by atoms with E-state index in [4.69, 9.17) is 0 Å².